The number of hydrogen-bond acceptors (Lipinski definition) is 5. The zero-order valence-electron chi connectivity index (χ0n) is 16.3. The molecule has 1 aliphatic heterocycles. The molecule has 0 spiro atoms. The van der Waals surface area contributed by atoms with E-state index in [1.165, 1.54) is 35.1 Å². The molecule has 2 aromatic carbocycles. The topological polar surface area (TPSA) is 91.1 Å². The molecule has 1 fully saturated rings. The van der Waals surface area contributed by atoms with E-state index < -0.39 is 17.8 Å². The van der Waals surface area contributed by atoms with Crippen molar-refractivity contribution in [3.8, 4) is 11.3 Å². The summed E-state index contributed by atoms with van der Waals surface area (Å²) in [6, 6.07) is 18.4. The molecule has 3 aromatic rings. The van der Waals surface area contributed by atoms with Gasteiger partial charge in [-0.05, 0) is 54.7 Å². The van der Waals surface area contributed by atoms with E-state index >= 15 is 0 Å². The molecule has 1 saturated heterocycles. The lowest BCUT2D eigenvalue weighted by Gasteiger charge is -2.34. The van der Waals surface area contributed by atoms with Gasteiger partial charge in [0, 0.05) is 12.6 Å². The van der Waals surface area contributed by atoms with Crippen LogP contribution in [0, 0.1) is 0 Å². The Morgan fingerprint density at radius 3 is 2.29 bits per heavy atom. The van der Waals surface area contributed by atoms with E-state index in [0.717, 1.165) is 0 Å². The SMILES string of the molecule is CN1C(=O)C(=Cc2ccc(-c3ccc(C(=O)O)cc3)o2)C(=O)N(c2ccccc2)C1=S. The second kappa shape index (κ2) is 8.00. The molecule has 0 atom stereocenters. The van der Waals surface area contributed by atoms with Crippen LogP contribution < -0.4 is 4.90 Å². The Kier molecular flexibility index (Phi) is 5.22. The molecule has 0 radical (unpaired) electrons. The fraction of sp³-hybridized carbons (Fsp3) is 0.0435. The highest BCUT2D eigenvalue weighted by Gasteiger charge is 2.38. The van der Waals surface area contributed by atoms with Crippen molar-refractivity contribution in [1.29, 1.82) is 0 Å². The maximum Gasteiger partial charge on any atom is 0.335 e. The lowest BCUT2D eigenvalue weighted by molar-refractivity contribution is -0.127. The van der Waals surface area contributed by atoms with Crippen molar-refractivity contribution in [2.75, 3.05) is 11.9 Å². The Labute approximate surface area is 182 Å². The second-order valence-corrected chi connectivity index (χ2v) is 7.13. The van der Waals surface area contributed by atoms with Gasteiger partial charge in [-0.3, -0.25) is 19.4 Å². The van der Waals surface area contributed by atoms with E-state index in [1.54, 1.807) is 48.5 Å². The minimum Gasteiger partial charge on any atom is -0.478 e. The summed E-state index contributed by atoms with van der Waals surface area (Å²) in [6.07, 6.45) is 1.38. The normalized spacial score (nSPS) is 15.6. The van der Waals surface area contributed by atoms with E-state index in [4.69, 9.17) is 21.7 Å². The third kappa shape index (κ3) is 3.76. The van der Waals surface area contributed by atoms with Gasteiger partial charge in [-0.15, -0.1) is 0 Å². The standard InChI is InChI=1S/C23H16N2O5S/c1-24-20(26)18(21(27)25(23(24)31)16-5-3-2-4-6-16)13-17-11-12-19(30-17)14-7-9-15(10-8-14)22(28)29/h2-13H,1H3,(H,28,29). The highest BCUT2D eigenvalue weighted by atomic mass is 32.1. The summed E-state index contributed by atoms with van der Waals surface area (Å²) in [5.74, 6) is -1.30. The number of benzene rings is 2. The number of likely N-dealkylation sites (N-methyl/N-ethyl adjacent to an activating group) is 1. The Morgan fingerprint density at radius 1 is 0.968 bits per heavy atom. The lowest BCUT2D eigenvalue weighted by atomic mass is 10.1. The Hall–Kier alpha value is -4.04. The lowest BCUT2D eigenvalue weighted by Crippen LogP contribution is -2.54. The highest BCUT2D eigenvalue weighted by molar-refractivity contribution is 7.80. The molecule has 0 saturated carbocycles. The average molecular weight is 432 g/mol. The quantitative estimate of drug-likeness (QED) is 0.383. The van der Waals surface area contributed by atoms with Crippen LogP contribution in [0.2, 0.25) is 0 Å². The smallest absolute Gasteiger partial charge is 0.335 e. The fourth-order valence-corrected chi connectivity index (χ4v) is 3.42. The molecule has 4 rings (SSSR count). The number of amides is 2. The van der Waals surface area contributed by atoms with Gasteiger partial charge in [-0.1, -0.05) is 30.3 Å². The Bertz CT molecular complexity index is 1230. The average Bonchev–Trinajstić information content (AvgIpc) is 3.25. The summed E-state index contributed by atoms with van der Waals surface area (Å²) >= 11 is 5.32. The summed E-state index contributed by atoms with van der Waals surface area (Å²) in [7, 11) is 1.51. The molecule has 31 heavy (non-hydrogen) atoms. The number of carbonyl (C=O) groups is 3. The molecule has 1 N–H and O–H groups in total. The van der Waals surface area contributed by atoms with E-state index in [0.29, 0.717) is 22.8 Å². The van der Waals surface area contributed by atoms with Crippen LogP contribution in [0.4, 0.5) is 5.69 Å². The van der Waals surface area contributed by atoms with Gasteiger partial charge in [0.2, 0.25) is 0 Å². The molecule has 1 aromatic heterocycles. The van der Waals surface area contributed by atoms with Gasteiger partial charge in [0.05, 0.1) is 11.3 Å². The number of anilines is 1. The van der Waals surface area contributed by atoms with E-state index in [-0.39, 0.29) is 16.2 Å². The summed E-state index contributed by atoms with van der Waals surface area (Å²) in [5, 5.41) is 9.11. The monoisotopic (exact) mass is 432 g/mol. The summed E-state index contributed by atoms with van der Waals surface area (Å²) in [5.41, 5.74) is 1.31. The molecule has 0 aliphatic carbocycles. The first-order valence-electron chi connectivity index (χ1n) is 9.23. The molecular formula is C23H16N2O5S. The van der Waals surface area contributed by atoms with E-state index in [9.17, 15) is 14.4 Å². The van der Waals surface area contributed by atoms with Crippen LogP contribution in [0.25, 0.3) is 17.4 Å². The third-order valence-corrected chi connectivity index (χ3v) is 5.25. The Balaban J connectivity index is 1.67. The van der Waals surface area contributed by atoms with Crippen LogP contribution in [0.3, 0.4) is 0 Å². The molecule has 154 valence electrons. The van der Waals surface area contributed by atoms with Crippen LogP contribution in [0.1, 0.15) is 16.1 Å². The number of carbonyl (C=O) groups excluding carboxylic acids is 2. The van der Waals surface area contributed by atoms with Crippen molar-refractivity contribution in [2.24, 2.45) is 0 Å². The Morgan fingerprint density at radius 2 is 1.65 bits per heavy atom. The summed E-state index contributed by atoms with van der Waals surface area (Å²) < 4.78 is 5.77. The highest BCUT2D eigenvalue weighted by Crippen LogP contribution is 2.27. The fourth-order valence-electron chi connectivity index (χ4n) is 3.15. The van der Waals surface area contributed by atoms with Gasteiger partial charge >= 0.3 is 5.97 Å². The van der Waals surface area contributed by atoms with Crippen molar-refractivity contribution in [2.45, 2.75) is 0 Å². The number of carboxylic acid groups (broad SMARTS) is 1. The van der Waals surface area contributed by atoms with Crippen LogP contribution in [-0.4, -0.2) is 40.0 Å². The number of nitrogens with zero attached hydrogens (tertiary/aromatic N) is 2. The largest absolute Gasteiger partial charge is 0.478 e. The molecular weight excluding hydrogens is 416 g/mol. The minimum atomic E-state index is -1.02. The van der Waals surface area contributed by atoms with Crippen molar-refractivity contribution >= 4 is 46.9 Å². The molecule has 7 nitrogen and oxygen atoms in total. The number of thiocarbonyl (C=S) groups is 1. The van der Waals surface area contributed by atoms with Gasteiger partial charge in [0.1, 0.15) is 17.1 Å². The number of furan rings is 1. The van der Waals surface area contributed by atoms with Crippen LogP contribution in [0.5, 0.6) is 0 Å². The predicted molar refractivity (Wildman–Crippen MR) is 118 cm³/mol. The molecule has 0 unspecified atom stereocenters. The molecule has 2 heterocycles. The molecule has 0 bridgehead atoms. The molecule has 2 amide bonds. The third-order valence-electron chi connectivity index (χ3n) is 4.79. The van der Waals surface area contributed by atoms with Crippen molar-refractivity contribution in [3.05, 3.63) is 83.6 Å². The number of rotatable bonds is 4. The second-order valence-electron chi connectivity index (χ2n) is 6.77. The van der Waals surface area contributed by atoms with Gasteiger partial charge in [-0.25, -0.2) is 4.79 Å². The van der Waals surface area contributed by atoms with Gasteiger partial charge in [-0.2, -0.15) is 0 Å². The summed E-state index contributed by atoms with van der Waals surface area (Å²) in [4.78, 5) is 39.4. The van der Waals surface area contributed by atoms with Crippen LogP contribution >= 0.6 is 12.2 Å². The van der Waals surface area contributed by atoms with Crippen LogP contribution in [0.15, 0.2) is 76.7 Å². The van der Waals surface area contributed by atoms with E-state index in [2.05, 4.69) is 0 Å². The van der Waals surface area contributed by atoms with Crippen LogP contribution in [-0.2, 0) is 9.59 Å². The number of carboxylic acids is 1. The van der Waals surface area contributed by atoms with E-state index in [1.807, 2.05) is 6.07 Å². The van der Waals surface area contributed by atoms with Gasteiger partial charge in [0.15, 0.2) is 5.11 Å². The number of aromatic carboxylic acids is 1. The maximum absolute atomic E-state index is 13.1. The van der Waals surface area contributed by atoms with Crippen molar-refractivity contribution in [3.63, 3.8) is 0 Å². The zero-order chi connectivity index (χ0) is 22.1. The van der Waals surface area contributed by atoms with Crippen molar-refractivity contribution < 1.29 is 23.9 Å². The molecule has 1 aliphatic rings. The maximum atomic E-state index is 13.1. The number of hydrogen-bond donors (Lipinski definition) is 1. The van der Waals surface area contributed by atoms with Gasteiger partial charge in [0.25, 0.3) is 11.8 Å². The predicted octanol–water partition coefficient (Wildman–Crippen LogP) is 3.82. The zero-order valence-corrected chi connectivity index (χ0v) is 17.1. The minimum absolute atomic E-state index is 0.0814. The first-order chi connectivity index (χ1) is 14.9. The summed E-state index contributed by atoms with van der Waals surface area (Å²) in [6.45, 7) is 0. The first kappa shape index (κ1) is 20.2. The first-order valence-corrected chi connectivity index (χ1v) is 9.64. The number of para-hydroxylation sites is 1. The van der Waals surface area contributed by atoms with Crippen molar-refractivity contribution in [1.82, 2.24) is 4.90 Å². The van der Waals surface area contributed by atoms with Gasteiger partial charge < -0.3 is 9.52 Å². The molecule has 8 heteroatoms.